The van der Waals surface area contributed by atoms with Crippen LogP contribution in [0.2, 0.25) is 0 Å². The van der Waals surface area contributed by atoms with E-state index in [4.69, 9.17) is 5.11 Å². The van der Waals surface area contributed by atoms with Crippen molar-refractivity contribution in [3.63, 3.8) is 0 Å². The lowest BCUT2D eigenvalue weighted by molar-refractivity contribution is -0.222. The second-order valence-corrected chi connectivity index (χ2v) is 8.37. The highest BCUT2D eigenvalue weighted by Gasteiger charge is 2.40. The maximum atomic E-state index is 11.2. The van der Waals surface area contributed by atoms with Crippen LogP contribution in [0.25, 0.3) is 0 Å². The molecule has 0 amide bonds. The summed E-state index contributed by atoms with van der Waals surface area (Å²) in [7, 11) is 0. The Kier molecular flexibility index (Phi) is 11.4. The van der Waals surface area contributed by atoms with E-state index in [-0.39, 0.29) is 6.42 Å². The van der Waals surface area contributed by atoms with Gasteiger partial charge in [-0.1, -0.05) is 64.5 Å². The Morgan fingerprint density at radius 1 is 1.19 bits per heavy atom. The number of carbonyl (C=O) groups excluding carboxylic acids is 1. The Balaban J connectivity index is 2.30. The first kappa shape index (κ1) is 24.3. The van der Waals surface area contributed by atoms with E-state index in [2.05, 4.69) is 26.0 Å². The zero-order valence-electron chi connectivity index (χ0n) is 17.1. The van der Waals surface area contributed by atoms with Crippen LogP contribution in [0.5, 0.6) is 0 Å². The summed E-state index contributed by atoms with van der Waals surface area (Å²) in [6.07, 6.45) is 14.7. The minimum absolute atomic E-state index is 0.140. The molecule has 1 saturated carbocycles. The molecule has 1 aliphatic carbocycles. The van der Waals surface area contributed by atoms with E-state index in [0.29, 0.717) is 18.3 Å². The van der Waals surface area contributed by atoms with E-state index in [9.17, 15) is 20.1 Å². The number of hydrogen-bond acceptors (Lipinski definition) is 5. The predicted molar refractivity (Wildman–Crippen MR) is 107 cm³/mol. The SMILES string of the molecule is CCCCC(C)CC=C[C@H]1CCC[C@@H]1CCCCC(O)C(O)(O)C(=O)CO. The topological polar surface area (TPSA) is 98.0 Å². The number of carbonyl (C=O) groups is 1. The predicted octanol–water partition coefficient (Wildman–Crippen LogP) is 3.34. The molecule has 4 N–H and O–H groups in total. The molecule has 4 atom stereocenters. The highest BCUT2D eigenvalue weighted by Crippen LogP contribution is 2.36. The standard InChI is InChI=1S/C22H40O5/c1-3-4-9-17(2)10-7-12-19-14-8-13-18(19)11-5-6-15-20(24)22(26,27)21(25)16-23/h7,12,17-20,23-24,26-27H,3-6,8-11,13-16H2,1-2H3/t17?,18-,19-,20?/m0/s1. The number of allylic oxidation sites excluding steroid dienone is 2. The third kappa shape index (κ3) is 8.43. The minimum atomic E-state index is -2.85. The Morgan fingerprint density at radius 3 is 2.59 bits per heavy atom. The van der Waals surface area contributed by atoms with Gasteiger partial charge in [0.25, 0.3) is 5.79 Å². The fraction of sp³-hybridized carbons (Fsp3) is 0.864. The van der Waals surface area contributed by atoms with Gasteiger partial charge in [-0.3, -0.25) is 4.79 Å². The van der Waals surface area contributed by atoms with Crippen molar-refractivity contribution < 1.29 is 25.2 Å². The minimum Gasteiger partial charge on any atom is -0.388 e. The third-order valence-electron chi connectivity index (χ3n) is 6.01. The number of hydrogen-bond donors (Lipinski definition) is 4. The molecular formula is C22H40O5. The third-order valence-corrected chi connectivity index (χ3v) is 6.01. The average molecular weight is 385 g/mol. The molecule has 0 aromatic heterocycles. The second-order valence-electron chi connectivity index (χ2n) is 8.37. The molecule has 1 fully saturated rings. The van der Waals surface area contributed by atoms with Crippen LogP contribution in [0.3, 0.4) is 0 Å². The van der Waals surface area contributed by atoms with Gasteiger partial charge in [-0.05, 0) is 49.9 Å². The van der Waals surface area contributed by atoms with Crippen molar-refractivity contribution in [2.24, 2.45) is 17.8 Å². The maximum absolute atomic E-state index is 11.2. The summed E-state index contributed by atoms with van der Waals surface area (Å²) in [4.78, 5) is 11.2. The quantitative estimate of drug-likeness (QED) is 0.209. The molecule has 0 aromatic carbocycles. The largest absolute Gasteiger partial charge is 0.388 e. The summed E-state index contributed by atoms with van der Waals surface area (Å²) < 4.78 is 0. The molecular weight excluding hydrogens is 344 g/mol. The van der Waals surface area contributed by atoms with Crippen LogP contribution >= 0.6 is 0 Å². The van der Waals surface area contributed by atoms with Crippen molar-refractivity contribution in [3.8, 4) is 0 Å². The van der Waals surface area contributed by atoms with Crippen LogP contribution in [0.1, 0.15) is 84.5 Å². The molecule has 0 bridgehead atoms. The van der Waals surface area contributed by atoms with Crippen molar-refractivity contribution in [2.75, 3.05) is 6.61 Å². The summed E-state index contributed by atoms with van der Waals surface area (Å²) in [5.74, 6) is -1.96. The van der Waals surface area contributed by atoms with Crippen LogP contribution in [-0.4, -0.2) is 44.7 Å². The Hall–Kier alpha value is -0.750. The Labute approximate surface area is 164 Å². The number of aliphatic hydroxyl groups excluding tert-OH is 2. The summed E-state index contributed by atoms with van der Waals surface area (Å²) >= 11 is 0. The highest BCUT2D eigenvalue weighted by atomic mass is 16.5. The van der Waals surface area contributed by atoms with E-state index < -0.39 is 24.3 Å². The second kappa shape index (κ2) is 12.7. The lowest BCUT2D eigenvalue weighted by Crippen LogP contribution is -2.50. The number of Topliss-reactive ketones (excluding diaryl/α,β-unsaturated/α-hetero) is 1. The first-order chi connectivity index (χ1) is 12.8. The summed E-state index contributed by atoms with van der Waals surface area (Å²) in [6, 6.07) is 0. The summed E-state index contributed by atoms with van der Waals surface area (Å²) in [6.45, 7) is 3.56. The molecule has 27 heavy (non-hydrogen) atoms. The van der Waals surface area contributed by atoms with E-state index in [1.807, 2.05) is 0 Å². The number of ketones is 1. The lowest BCUT2D eigenvalue weighted by atomic mass is 9.89. The number of unbranched alkanes of at least 4 members (excludes halogenated alkanes) is 2. The van der Waals surface area contributed by atoms with Gasteiger partial charge in [-0.25, -0.2) is 0 Å². The van der Waals surface area contributed by atoms with E-state index in [1.54, 1.807) is 0 Å². The molecule has 2 unspecified atom stereocenters. The normalized spacial score (nSPS) is 23.0. The fourth-order valence-electron chi connectivity index (χ4n) is 4.08. The van der Waals surface area contributed by atoms with Crippen LogP contribution in [-0.2, 0) is 4.79 Å². The molecule has 0 saturated heterocycles. The summed E-state index contributed by atoms with van der Waals surface area (Å²) in [5, 5.41) is 37.7. The van der Waals surface area contributed by atoms with Crippen molar-refractivity contribution in [2.45, 2.75) is 96.4 Å². The number of aliphatic hydroxyl groups is 4. The van der Waals surface area contributed by atoms with Gasteiger partial charge in [-0.15, -0.1) is 0 Å². The molecule has 0 aromatic rings. The summed E-state index contributed by atoms with van der Waals surface area (Å²) in [5.41, 5.74) is 0. The first-order valence-corrected chi connectivity index (χ1v) is 10.8. The molecule has 1 rings (SSSR count). The highest BCUT2D eigenvalue weighted by molar-refractivity contribution is 5.86. The Bertz CT molecular complexity index is 446. The van der Waals surface area contributed by atoms with Gasteiger partial charge in [0.05, 0.1) is 0 Å². The van der Waals surface area contributed by atoms with Gasteiger partial charge in [0.15, 0.2) is 0 Å². The fourth-order valence-corrected chi connectivity index (χ4v) is 4.08. The van der Waals surface area contributed by atoms with Gasteiger partial charge in [0.2, 0.25) is 5.78 Å². The van der Waals surface area contributed by atoms with Gasteiger partial charge in [-0.2, -0.15) is 0 Å². The van der Waals surface area contributed by atoms with Crippen molar-refractivity contribution >= 4 is 5.78 Å². The van der Waals surface area contributed by atoms with Crippen molar-refractivity contribution in [3.05, 3.63) is 12.2 Å². The lowest BCUT2D eigenvalue weighted by Gasteiger charge is -2.25. The Morgan fingerprint density at radius 2 is 1.93 bits per heavy atom. The molecule has 0 radical (unpaired) electrons. The van der Waals surface area contributed by atoms with E-state index in [1.165, 1.54) is 38.5 Å². The average Bonchev–Trinajstić information content (AvgIpc) is 3.09. The molecule has 158 valence electrons. The van der Waals surface area contributed by atoms with Crippen molar-refractivity contribution in [1.82, 2.24) is 0 Å². The van der Waals surface area contributed by atoms with Gasteiger partial charge < -0.3 is 20.4 Å². The van der Waals surface area contributed by atoms with Gasteiger partial charge >= 0.3 is 0 Å². The van der Waals surface area contributed by atoms with Crippen LogP contribution in [0, 0.1) is 17.8 Å². The molecule has 5 nitrogen and oxygen atoms in total. The molecule has 1 aliphatic rings. The molecule has 0 heterocycles. The molecule has 0 spiro atoms. The van der Waals surface area contributed by atoms with E-state index in [0.717, 1.165) is 25.2 Å². The van der Waals surface area contributed by atoms with Crippen LogP contribution < -0.4 is 0 Å². The maximum Gasteiger partial charge on any atom is 0.253 e. The zero-order valence-corrected chi connectivity index (χ0v) is 17.1. The van der Waals surface area contributed by atoms with Gasteiger partial charge in [0.1, 0.15) is 12.7 Å². The van der Waals surface area contributed by atoms with Crippen LogP contribution in [0.15, 0.2) is 12.2 Å². The molecule has 5 heteroatoms. The van der Waals surface area contributed by atoms with E-state index >= 15 is 0 Å². The molecule has 0 aliphatic heterocycles. The first-order valence-electron chi connectivity index (χ1n) is 10.8. The van der Waals surface area contributed by atoms with Crippen molar-refractivity contribution in [1.29, 1.82) is 0 Å². The van der Waals surface area contributed by atoms with Crippen LogP contribution in [0.4, 0.5) is 0 Å². The van der Waals surface area contributed by atoms with Gasteiger partial charge in [0, 0.05) is 0 Å². The monoisotopic (exact) mass is 384 g/mol. The number of rotatable bonds is 14. The smallest absolute Gasteiger partial charge is 0.253 e. The zero-order chi connectivity index (χ0) is 20.3.